The first-order valence-corrected chi connectivity index (χ1v) is 6.43. The second kappa shape index (κ2) is 5.28. The molecule has 15 heavy (non-hydrogen) atoms. The molecule has 0 aromatic carbocycles. The predicted octanol–water partition coefficient (Wildman–Crippen LogP) is 1.41. The van der Waals surface area contributed by atoms with Gasteiger partial charge >= 0.3 is 0 Å². The molecule has 2 heterocycles. The zero-order valence-electron chi connectivity index (χ0n) is 10.3. The Kier molecular flexibility index (Phi) is 4.00. The minimum absolute atomic E-state index is 0.776. The maximum atomic E-state index is 2.65. The number of hydrogen-bond acceptors (Lipinski definition) is 3. The fourth-order valence-electron chi connectivity index (χ4n) is 2.93. The Balaban J connectivity index is 1.88. The van der Waals surface area contributed by atoms with Crippen molar-refractivity contribution in [3.8, 4) is 0 Å². The summed E-state index contributed by atoms with van der Waals surface area (Å²) >= 11 is 0. The van der Waals surface area contributed by atoms with Crippen molar-refractivity contribution in [2.24, 2.45) is 0 Å². The summed E-state index contributed by atoms with van der Waals surface area (Å²) in [6.07, 6.45) is 6.99. The zero-order valence-corrected chi connectivity index (χ0v) is 10.3. The zero-order chi connectivity index (χ0) is 10.7. The van der Waals surface area contributed by atoms with Gasteiger partial charge < -0.3 is 4.90 Å². The van der Waals surface area contributed by atoms with E-state index in [1.807, 2.05) is 0 Å². The van der Waals surface area contributed by atoms with Gasteiger partial charge in [-0.15, -0.1) is 0 Å². The molecule has 0 bridgehead atoms. The van der Waals surface area contributed by atoms with E-state index in [1.54, 1.807) is 0 Å². The lowest BCUT2D eigenvalue weighted by molar-refractivity contribution is -0.0545. The van der Waals surface area contributed by atoms with Crippen LogP contribution in [0.4, 0.5) is 0 Å². The molecule has 0 spiro atoms. The summed E-state index contributed by atoms with van der Waals surface area (Å²) in [5.74, 6) is 0. The van der Waals surface area contributed by atoms with Gasteiger partial charge in [-0.25, -0.2) is 10.0 Å². The molecule has 2 aliphatic heterocycles. The van der Waals surface area contributed by atoms with E-state index in [0.717, 1.165) is 6.04 Å². The summed E-state index contributed by atoms with van der Waals surface area (Å²) in [7, 11) is 4.37. The molecule has 0 radical (unpaired) electrons. The minimum atomic E-state index is 0.776. The summed E-state index contributed by atoms with van der Waals surface area (Å²) in [5.41, 5.74) is 0. The molecular formula is C12H25N3. The van der Waals surface area contributed by atoms with E-state index in [2.05, 4.69) is 29.0 Å². The van der Waals surface area contributed by atoms with E-state index in [0.29, 0.717) is 0 Å². The summed E-state index contributed by atoms with van der Waals surface area (Å²) in [4.78, 5) is 2.33. The van der Waals surface area contributed by atoms with Crippen LogP contribution in [0.15, 0.2) is 0 Å². The maximum absolute atomic E-state index is 2.65. The van der Waals surface area contributed by atoms with Crippen LogP contribution >= 0.6 is 0 Å². The van der Waals surface area contributed by atoms with E-state index in [9.17, 15) is 0 Å². The Morgan fingerprint density at radius 1 is 1.00 bits per heavy atom. The quantitative estimate of drug-likeness (QED) is 0.699. The molecule has 0 saturated carbocycles. The van der Waals surface area contributed by atoms with Crippen LogP contribution in [-0.2, 0) is 0 Å². The van der Waals surface area contributed by atoms with Crippen LogP contribution in [0, 0.1) is 0 Å². The second-order valence-electron chi connectivity index (χ2n) is 5.24. The highest BCUT2D eigenvalue weighted by Gasteiger charge is 2.29. The van der Waals surface area contributed by atoms with Gasteiger partial charge in [0.2, 0.25) is 0 Å². The number of hydrogen-bond donors (Lipinski definition) is 0. The largest absolute Gasteiger partial charge is 0.308 e. The molecule has 2 aliphatic rings. The van der Waals surface area contributed by atoms with Crippen LogP contribution in [0.2, 0.25) is 0 Å². The molecule has 0 N–H and O–H groups in total. The van der Waals surface area contributed by atoms with Crippen LogP contribution in [-0.4, -0.2) is 61.2 Å². The summed E-state index contributed by atoms with van der Waals surface area (Å²) < 4.78 is 0. The van der Waals surface area contributed by atoms with Crippen molar-refractivity contribution >= 4 is 0 Å². The van der Waals surface area contributed by atoms with Gasteiger partial charge in [0.25, 0.3) is 0 Å². The summed E-state index contributed by atoms with van der Waals surface area (Å²) in [6.45, 7) is 5.10. The molecule has 3 nitrogen and oxygen atoms in total. The number of piperidine rings is 1. The van der Waals surface area contributed by atoms with Crippen molar-refractivity contribution < 1.29 is 0 Å². The number of nitrogens with zero attached hydrogens (tertiary/aromatic N) is 3. The molecular weight excluding hydrogens is 186 g/mol. The average Bonchev–Trinajstić information content (AvgIpc) is 2.66. The molecule has 2 saturated heterocycles. The van der Waals surface area contributed by atoms with Crippen molar-refractivity contribution in [3.05, 3.63) is 0 Å². The molecule has 2 rings (SSSR count). The predicted molar refractivity (Wildman–Crippen MR) is 63.7 cm³/mol. The fourth-order valence-corrected chi connectivity index (χ4v) is 2.93. The van der Waals surface area contributed by atoms with Crippen LogP contribution in [0.25, 0.3) is 0 Å². The first kappa shape index (κ1) is 11.4. The van der Waals surface area contributed by atoms with Gasteiger partial charge in [-0.3, -0.25) is 0 Å². The first-order valence-electron chi connectivity index (χ1n) is 6.43. The average molecular weight is 211 g/mol. The van der Waals surface area contributed by atoms with Gasteiger partial charge in [-0.05, 0) is 39.8 Å². The normalized spacial score (nSPS) is 30.2. The van der Waals surface area contributed by atoms with Crippen LogP contribution < -0.4 is 0 Å². The third-order valence-electron chi connectivity index (χ3n) is 3.62. The lowest BCUT2D eigenvalue weighted by Crippen LogP contribution is -2.50. The van der Waals surface area contributed by atoms with Gasteiger partial charge in [0, 0.05) is 32.2 Å². The molecule has 1 atom stereocenters. The van der Waals surface area contributed by atoms with E-state index in [1.165, 1.54) is 58.3 Å². The van der Waals surface area contributed by atoms with E-state index in [4.69, 9.17) is 0 Å². The first-order chi connectivity index (χ1) is 7.27. The van der Waals surface area contributed by atoms with Crippen molar-refractivity contribution in [1.29, 1.82) is 0 Å². The van der Waals surface area contributed by atoms with E-state index >= 15 is 0 Å². The molecule has 3 heteroatoms. The molecule has 88 valence electrons. The second-order valence-corrected chi connectivity index (χ2v) is 5.24. The van der Waals surface area contributed by atoms with Gasteiger partial charge in [0.15, 0.2) is 0 Å². The molecule has 0 aromatic heterocycles. The highest BCUT2D eigenvalue weighted by molar-refractivity contribution is 4.80. The highest BCUT2D eigenvalue weighted by Crippen LogP contribution is 2.22. The lowest BCUT2D eigenvalue weighted by atomic mass is 10.1. The maximum Gasteiger partial charge on any atom is 0.0373 e. The van der Waals surface area contributed by atoms with Crippen molar-refractivity contribution in [2.75, 3.05) is 40.3 Å². The highest BCUT2D eigenvalue weighted by atomic mass is 15.6. The Morgan fingerprint density at radius 3 is 2.40 bits per heavy atom. The molecule has 1 unspecified atom stereocenters. The van der Waals surface area contributed by atoms with Crippen LogP contribution in [0.3, 0.4) is 0 Å². The third-order valence-corrected chi connectivity index (χ3v) is 3.62. The Labute approximate surface area is 94.0 Å². The van der Waals surface area contributed by atoms with E-state index in [-0.39, 0.29) is 0 Å². The van der Waals surface area contributed by atoms with Gasteiger partial charge in [0.05, 0.1) is 0 Å². The van der Waals surface area contributed by atoms with Crippen LogP contribution in [0.1, 0.15) is 32.1 Å². The number of likely N-dealkylation sites (N-methyl/N-ethyl adjacent to an activating group) is 1. The fraction of sp³-hybridized carbons (Fsp3) is 1.00. The molecule has 2 fully saturated rings. The number of hydrazine groups is 1. The van der Waals surface area contributed by atoms with Crippen LogP contribution in [0.5, 0.6) is 0 Å². The number of rotatable bonds is 3. The van der Waals surface area contributed by atoms with Gasteiger partial charge in [-0.2, -0.15) is 0 Å². The van der Waals surface area contributed by atoms with E-state index < -0.39 is 0 Å². The molecule has 0 aromatic rings. The Bertz CT molecular complexity index is 187. The SMILES string of the molecule is CN(C)CC1CCCN1N1CCCCC1. The topological polar surface area (TPSA) is 9.72 Å². The van der Waals surface area contributed by atoms with Crippen molar-refractivity contribution in [3.63, 3.8) is 0 Å². The monoisotopic (exact) mass is 211 g/mol. The Hall–Kier alpha value is -0.120. The summed E-state index contributed by atoms with van der Waals surface area (Å²) in [6, 6.07) is 0.776. The summed E-state index contributed by atoms with van der Waals surface area (Å²) in [5, 5.41) is 5.27. The van der Waals surface area contributed by atoms with Gasteiger partial charge in [0.1, 0.15) is 0 Å². The van der Waals surface area contributed by atoms with Crippen molar-refractivity contribution in [2.45, 2.75) is 38.1 Å². The smallest absolute Gasteiger partial charge is 0.0373 e. The minimum Gasteiger partial charge on any atom is -0.308 e. The van der Waals surface area contributed by atoms with Gasteiger partial charge in [-0.1, -0.05) is 6.42 Å². The third kappa shape index (κ3) is 2.92. The standard InChI is InChI=1S/C12H25N3/c1-13(2)11-12-7-6-10-15(12)14-8-4-3-5-9-14/h12H,3-11H2,1-2H3. The molecule has 0 aliphatic carbocycles. The molecule has 0 amide bonds. The lowest BCUT2D eigenvalue weighted by Gasteiger charge is -2.39. The van der Waals surface area contributed by atoms with Crippen molar-refractivity contribution in [1.82, 2.24) is 14.9 Å². The Morgan fingerprint density at radius 2 is 1.73 bits per heavy atom.